The number of aromatic nitrogens is 3. The van der Waals surface area contributed by atoms with E-state index >= 15 is 0 Å². The minimum Gasteiger partial charge on any atom is -0.370 e. The number of imidazole rings is 1. The Bertz CT molecular complexity index is 669. The van der Waals surface area contributed by atoms with E-state index in [1.807, 2.05) is 38.4 Å². The van der Waals surface area contributed by atoms with Crippen LogP contribution in [0, 0.1) is 6.92 Å². The molecule has 0 aliphatic rings. The number of hydrogen-bond donors (Lipinski definition) is 1. The largest absolute Gasteiger partial charge is 0.370 e. The van der Waals surface area contributed by atoms with Crippen LogP contribution >= 0.6 is 0 Å². The van der Waals surface area contributed by atoms with Gasteiger partial charge in [-0.3, -0.25) is 4.40 Å². The molecule has 3 aromatic rings. The maximum Gasteiger partial charge on any atom is 0.180 e. The molecule has 0 atom stereocenters. The second-order valence-electron chi connectivity index (χ2n) is 3.76. The minimum atomic E-state index is 0.812. The molecule has 2 aromatic heterocycles. The average molecular weight is 212 g/mol. The third-order valence-corrected chi connectivity index (χ3v) is 2.74. The summed E-state index contributed by atoms with van der Waals surface area (Å²) in [5.74, 6) is 0.812. The first-order valence-corrected chi connectivity index (χ1v) is 5.22. The predicted molar refractivity (Wildman–Crippen MR) is 64.8 cm³/mol. The van der Waals surface area contributed by atoms with E-state index in [0.717, 1.165) is 28.2 Å². The highest BCUT2D eigenvalue weighted by Crippen LogP contribution is 2.21. The molecule has 0 radical (unpaired) electrons. The molecule has 0 unspecified atom stereocenters. The van der Waals surface area contributed by atoms with Crippen molar-refractivity contribution in [2.24, 2.45) is 0 Å². The van der Waals surface area contributed by atoms with Crippen LogP contribution in [0.4, 0.5) is 5.82 Å². The summed E-state index contributed by atoms with van der Waals surface area (Å²) in [6.45, 7) is 2.05. The van der Waals surface area contributed by atoms with E-state index in [9.17, 15) is 0 Å². The molecular weight excluding hydrogens is 200 g/mol. The van der Waals surface area contributed by atoms with Crippen molar-refractivity contribution < 1.29 is 0 Å². The van der Waals surface area contributed by atoms with Crippen molar-refractivity contribution in [3.05, 3.63) is 36.2 Å². The van der Waals surface area contributed by atoms with Gasteiger partial charge in [-0.05, 0) is 19.1 Å². The van der Waals surface area contributed by atoms with E-state index in [2.05, 4.69) is 25.8 Å². The number of nitrogens with zero attached hydrogens (tertiary/aromatic N) is 3. The standard InChI is InChI=1S/C12H12N4/c1-8-7-14-12-11(13-2)15-9-5-3-4-6-10(9)16(8)12/h3-7H,1-2H3,(H,13,15). The van der Waals surface area contributed by atoms with E-state index < -0.39 is 0 Å². The molecule has 80 valence electrons. The number of para-hydroxylation sites is 2. The van der Waals surface area contributed by atoms with Gasteiger partial charge in [0.1, 0.15) is 0 Å². The molecule has 4 heteroatoms. The Morgan fingerprint density at radius 3 is 2.88 bits per heavy atom. The van der Waals surface area contributed by atoms with E-state index in [1.54, 1.807) is 0 Å². The third kappa shape index (κ3) is 1.10. The van der Waals surface area contributed by atoms with Crippen LogP contribution in [-0.4, -0.2) is 21.4 Å². The second kappa shape index (κ2) is 3.20. The molecule has 0 saturated carbocycles. The number of anilines is 1. The SMILES string of the molecule is CNc1nc2ccccc2n2c(C)cnc12. The lowest BCUT2D eigenvalue weighted by Gasteiger charge is -2.07. The Balaban J connectivity index is 2.60. The smallest absolute Gasteiger partial charge is 0.180 e. The van der Waals surface area contributed by atoms with Gasteiger partial charge < -0.3 is 5.32 Å². The number of hydrogen-bond acceptors (Lipinski definition) is 3. The fraction of sp³-hybridized carbons (Fsp3) is 0.167. The number of aryl methyl sites for hydroxylation is 1. The molecule has 0 aliphatic heterocycles. The van der Waals surface area contributed by atoms with E-state index in [1.165, 1.54) is 0 Å². The fourth-order valence-corrected chi connectivity index (χ4v) is 1.99. The Morgan fingerprint density at radius 1 is 1.25 bits per heavy atom. The molecule has 3 rings (SSSR count). The highest BCUT2D eigenvalue weighted by atomic mass is 15.1. The zero-order valence-electron chi connectivity index (χ0n) is 9.23. The van der Waals surface area contributed by atoms with Gasteiger partial charge in [0.2, 0.25) is 0 Å². The van der Waals surface area contributed by atoms with Crippen molar-refractivity contribution in [3.8, 4) is 0 Å². The summed E-state index contributed by atoms with van der Waals surface area (Å²) in [5.41, 5.74) is 4.05. The number of benzene rings is 1. The molecule has 0 spiro atoms. The molecular formula is C12H12N4. The molecule has 1 aromatic carbocycles. The number of rotatable bonds is 1. The van der Waals surface area contributed by atoms with Crippen molar-refractivity contribution in [2.75, 3.05) is 12.4 Å². The van der Waals surface area contributed by atoms with Crippen LogP contribution in [0.1, 0.15) is 5.69 Å². The van der Waals surface area contributed by atoms with Crippen molar-refractivity contribution in [2.45, 2.75) is 6.92 Å². The van der Waals surface area contributed by atoms with Crippen LogP contribution in [0.15, 0.2) is 30.5 Å². The second-order valence-corrected chi connectivity index (χ2v) is 3.76. The van der Waals surface area contributed by atoms with Crippen molar-refractivity contribution >= 4 is 22.5 Å². The van der Waals surface area contributed by atoms with Crippen LogP contribution in [0.3, 0.4) is 0 Å². The monoisotopic (exact) mass is 212 g/mol. The molecule has 2 heterocycles. The molecule has 0 saturated heterocycles. The van der Waals surface area contributed by atoms with Crippen LogP contribution in [0.25, 0.3) is 16.7 Å². The normalized spacial score (nSPS) is 11.1. The van der Waals surface area contributed by atoms with Gasteiger partial charge in [0, 0.05) is 18.9 Å². The lowest BCUT2D eigenvalue weighted by molar-refractivity contribution is 1.14. The van der Waals surface area contributed by atoms with Gasteiger partial charge in [-0.15, -0.1) is 0 Å². The average Bonchev–Trinajstić information content (AvgIpc) is 2.71. The lowest BCUT2D eigenvalue weighted by Crippen LogP contribution is -2.00. The third-order valence-electron chi connectivity index (χ3n) is 2.74. The minimum absolute atomic E-state index is 0.812. The molecule has 0 fully saturated rings. The van der Waals surface area contributed by atoms with Crippen molar-refractivity contribution in [3.63, 3.8) is 0 Å². The first kappa shape index (κ1) is 9.15. The Hall–Kier alpha value is -2.10. The zero-order valence-corrected chi connectivity index (χ0v) is 9.23. The van der Waals surface area contributed by atoms with Gasteiger partial charge in [0.15, 0.2) is 11.5 Å². The molecule has 0 bridgehead atoms. The predicted octanol–water partition coefficient (Wildman–Crippen LogP) is 2.23. The molecule has 16 heavy (non-hydrogen) atoms. The summed E-state index contributed by atoms with van der Waals surface area (Å²) < 4.78 is 2.12. The first-order chi connectivity index (χ1) is 7.81. The van der Waals surface area contributed by atoms with Gasteiger partial charge in [-0.1, -0.05) is 12.1 Å². The highest BCUT2D eigenvalue weighted by Gasteiger charge is 2.09. The van der Waals surface area contributed by atoms with Crippen molar-refractivity contribution in [1.82, 2.24) is 14.4 Å². The number of nitrogens with one attached hydrogen (secondary N) is 1. The molecule has 0 aliphatic carbocycles. The van der Waals surface area contributed by atoms with Gasteiger partial charge >= 0.3 is 0 Å². The van der Waals surface area contributed by atoms with Gasteiger partial charge in [0.05, 0.1) is 11.0 Å². The zero-order chi connectivity index (χ0) is 11.1. The lowest BCUT2D eigenvalue weighted by atomic mass is 10.3. The maximum atomic E-state index is 4.54. The first-order valence-electron chi connectivity index (χ1n) is 5.22. The van der Waals surface area contributed by atoms with Crippen molar-refractivity contribution in [1.29, 1.82) is 0 Å². The van der Waals surface area contributed by atoms with Crippen LogP contribution in [-0.2, 0) is 0 Å². The Morgan fingerprint density at radius 2 is 2.06 bits per heavy atom. The number of fused-ring (bicyclic) bond motifs is 3. The van der Waals surface area contributed by atoms with E-state index in [0.29, 0.717) is 0 Å². The summed E-state index contributed by atoms with van der Waals surface area (Å²) in [5, 5.41) is 3.08. The molecule has 0 amide bonds. The summed E-state index contributed by atoms with van der Waals surface area (Å²) in [7, 11) is 1.86. The Kier molecular flexibility index (Phi) is 1.83. The van der Waals surface area contributed by atoms with E-state index in [-0.39, 0.29) is 0 Å². The van der Waals surface area contributed by atoms with E-state index in [4.69, 9.17) is 0 Å². The molecule has 4 nitrogen and oxygen atoms in total. The summed E-state index contributed by atoms with van der Waals surface area (Å²) >= 11 is 0. The summed E-state index contributed by atoms with van der Waals surface area (Å²) in [6, 6.07) is 8.08. The highest BCUT2D eigenvalue weighted by molar-refractivity contribution is 5.83. The van der Waals surface area contributed by atoms with Gasteiger partial charge in [-0.2, -0.15) is 0 Å². The van der Waals surface area contributed by atoms with Crippen LogP contribution in [0.5, 0.6) is 0 Å². The molecule has 1 N–H and O–H groups in total. The van der Waals surface area contributed by atoms with Gasteiger partial charge in [0.25, 0.3) is 0 Å². The topological polar surface area (TPSA) is 42.2 Å². The summed E-state index contributed by atoms with van der Waals surface area (Å²) in [6.07, 6.45) is 1.87. The van der Waals surface area contributed by atoms with Crippen LogP contribution < -0.4 is 5.32 Å². The van der Waals surface area contributed by atoms with Crippen LogP contribution in [0.2, 0.25) is 0 Å². The van der Waals surface area contributed by atoms with Gasteiger partial charge in [-0.25, -0.2) is 9.97 Å². The maximum absolute atomic E-state index is 4.54. The summed E-state index contributed by atoms with van der Waals surface area (Å²) in [4.78, 5) is 8.92. The fourth-order valence-electron chi connectivity index (χ4n) is 1.99. The quantitative estimate of drug-likeness (QED) is 0.672. The Labute approximate surface area is 93.0 Å².